The monoisotopic (exact) mass is 219 g/mol. The van der Waals surface area contributed by atoms with Crippen molar-refractivity contribution in [3.8, 4) is 0 Å². The second kappa shape index (κ2) is 3.03. The molecule has 2 heterocycles. The van der Waals surface area contributed by atoms with E-state index in [0.717, 1.165) is 21.4 Å². The predicted molar refractivity (Wildman–Crippen MR) is 59.3 cm³/mol. The molecule has 3 nitrogen and oxygen atoms in total. The van der Waals surface area contributed by atoms with Crippen LogP contribution in [0.5, 0.6) is 0 Å². The Hall–Kier alpha value is -1.42. The summed E-state index contributed by atoms with van der Waals surface area (Å²) >= 11 is 1.44. The van der Waals surface area contributed by atoms with E-state index in [1.54, 1.807) is 0 Å². The van der Waals surface area contributed by atoms with Gasteiger partial charge in [0.2, 0.25) is 0 Å². The van der Waals surface area contributed by atoms with Crippen LogP contribution in [0.4, 0.5) is 0 Å². The zero-order valence-corrected chi connectivity index (χ0v) is 8.67. The molecule has 1 aliphatic heterocycles. The number of nitrogens with one attached hydrogen (secondary N) is 1. The van der Waals surface area contributed by atoms with Crippen molar-refractivity contribution >= 4 is 28.6 Å². The molecule has 0 amide bonds. The van der Waals surface area contributed by atoms with E-state index in [-0.39, 0.29) is 5.25 Å². The Morgan fingerprint density at radius 1 is 1.53 bits per heavy atom. The molecule has 0 saturated carbocycles. The zero-order valence-electron chi connectivity index (χ0n) is 7.86. The van der Waals surface area contributed by atoms with E-state index in [2.05, 4.69) is 11.1 Å². The number of rotatable bonds is 1. The molecular weight excluding hydrogens is 210 g/mol. The summed E-state index contributed by atoms with van der Waals surface area (Å²) in [6.07, 6.45) is 2.54. The van der Waals surface area contributed by atoms with Crippen LogP contribution in [0.3, 0.4) is 0 Å². The van der Waals surface area contributed by atoms with E-state index in [4.69, 9.17) is 5.11 Å². The lowest BCUT2D eigenvalue weighted by atomic mass is 10.1. The number of carbonyl (C=O) groups is 1. The third-order valence-corrected chi connectivity index (χ3v) is 3.97. The van der Waals surface area contributed by atoms with Crippen LogP contribution >= 0.6 is 11.8 Å². The fourth-order valence-corrected chi connectivity index (χ4v) is 3.08. The summed E-state index contributed by atoms with van der Waals surface area (Å²) in [5.74, 6) is -0.722. The number of thioether (sulfide) groups is 1. The summed E-state index contributed by atoms with van der Waals surface area (Å²) in [6.45, 7) is 0. The number of aromatic amines is 1. The Balaban J connectivity index is 2.09. The van der Waals surface area contributed by atoms with E-state index in [1.165, 1.54) is 11.8 Å². The second-order valence-corrected chi connectivity index (χ2v) is 4.92. The van der Waals surface area contributed by atoms with Crippen molar-refractivity contribution in [2.45, 2.75) is 16.6 Å². The first-order valence-corrected chi connectivity index (χ1v) is 5.61. The number of carboxylic acids is 1. The summed E-state index contributed by atoms with van der Waals surface area (Å²) in [7, 11) is 0. The molecule has 76 valence electrons. The molecule has 1 aromatic carbocycles. The first-order chi connectivity index (χ1) is 7.24. The van der Waals surface area contributed by atoms with Crippen LogP contribution in [0.2, 0.25) is 0 Å². The van der Waals surface area contributed by atoms with Gasteiger partial charge < -0.3 is 10.1 Å². The quantitative estimate of drug-likeness (QED) is 0.773. The van der Waals surface area contributed by atoms with Gasteiger partial charge in [-0.25, -0.2) is 0 Å². The largest absolute Gasteiger partial charge is 0.480 e. The van der Waals surface area contributed by atoms with Crippen LogP contribution in [-0.4, -0.2) is 21.3 Å². The lowest BCUT2D eigenvalue weighted by molar-refractivity contribution is -0.136. The molecule has 2 N–H and O–H groups in total. The Morgan fingerprint density at radius 3 is 3.20 bits per heavy atom. The van der Waals surface area contributed by atoms with Crippen LogP contribution < -0.4 is 0 Å². The van der Waals surface area contributed by atoms with Crippen molar-refractivity contribution in [3.05, 3.63) is 30.0 Å². The van der Waals surface area contributed by atoms with Crippen molar-refractivity contribution in [2.24, 2.45) is 0 Å². The Kier molecular flexibility index (Phi) is 1.79. The maximum Gasteiger partial charge on any atom is 0.317 e. The van der Waals surface area contributed by atoms with Gasteiger partial charge in [-0.3, -0.25) is 4.79 Å². The molecular formula is C11H9NO2S. The summed E-state index contributed by atoms with van der Waals surface area (Å²) in [6, 6.07) is 6.13. The fourth-order valence-electron chi connectivity index (χ4n) is 1.93. The SMILES string of the molecule is O=C(O)C1Cc2cc3cc[nH]c3cc2S1. The van der Waals surface area contributed by atoms with Crippen LogP contribution in [0, 0.1) is 0 Å². The standard InChI is InChI=1S/C11H9NO2S/c13-11(14)10-4-7-3-6-1-2-12-8(6)5-9(7)15-10/h1-3,5,10,12H,4H2,(H,13,14). The Bertz CT molecular complexity index is 507. The summed E-state index contributed by atoms with van der Waals surface area (Å²) in [5, 5.41) is 9.78. The highest BCUT2D eigenvalue weighted by molar-refractivity contribution is 8.01. The van der Waals surface area contributed by atoms with E-state index in [1.807, 2.05) is 18.3 Å². The van der Waals surface area contributed by atoms with Gasteiger partial charge in [0.05, 0.1) is 0 Å². The number of hydrogen-bond donors (Lipinski definition) is 2. The van der Waals surface area contributed by atoms with Crippen molar-refractivity contribution in [2.75, 3.05) is 0 Å². The average molecular weight is 219 g/mol. The average Bonchev–Trinajstić information content (AvgIpc) is 2.77. The van der Waals surface area contributed by atoms with Gasteiger partial charge in [0.25, 0.3) is 0 Å². The molecule has 1 aromatic heterocycles. The first-order valence-electron chi connectivity index (χ1n) is 4.73. The number of H-pyrrole nitrogens is 1. The number of benzene rings is 1. The summed E-state index contributed by atoms with van der Waals surface area (Å²) in [4.78, 5) is 15.1. The molecule has 3 rings (SSSR count). The molecule has 2 aromatic rings. The molecule has 4 heteroatoms. The van der Waals surface area contributed by atoms with Gasteiger partial charge in [-0.1, -0.05) is 0 Å². The van der Waals surface area contributed by atoms with Crippen molar-refractivity contribution in [1.29, 1.82) is 0 Å². The summed E-state index contributed by atoms with van der Waals surface area (Å²) < 4.78 is 0. The topological polar surface area (TPSA) is 53.1 Å². The molecule has 0 spiro atoms. The normalized spacial score (nSPS) is 19.3. The van der Waals surface area contributed by atoms with Gasteiger partial charge in [-0.2, -0.15) is 0 Å². The van der Waals surface area contributed by atoms with Gasteiger partial charge in [-0.15, -0.1) is 11.8 Å². The minimum absolute atomic E-state index is 0.313. The van der Waals surface area contributed by atoms with Gasteiger partial charge in [0.1, 0.15) is 5.25 Å². The maximum absolute atomic E-state index is 10.9. The molecule has 0 fully saturated rings. The number of fused-ring (bicyclic) bond motifs is 2. The van der Waals surface area contributed by atoms with E-state index < -0.39 is 5.97 Å². The summed E-state index contributed by atoms with van der Waals surface area (Å²) in [5.41, 5.74) is 2.23. The number of aliphatic carboxylic acids is 1. The molecule has 15 heavy (non-hydrogen) atoms. The van der Waals surface area contributed by atoms with Crippen LogP contribution in [0.15, 0.2) is 29.3 Å². The van der Waals surface area contributed by atoms with Gasteiger partial charge in [-0.05, 0) is 35.6 Å². The van der Waals surface area contributed by atoms with Gasteiger partial charge in [0, 0.05) is 16.6 Å². The highest BCUT2D eigenvalue weighted by atomic mass is 32.2. The first kappa shape index (κ1) is 8.85. The lowest BCUT2D eigenvalue weighted by Crippen LogP contribution is -2.14. The molecule has 0 radical (unpaired) electrons. The minimum Gasteiger partial charge on any atom is -0.480 e. The number of carboxylic acid groups (broad SMARTS) is 1. The van der Waals surface area contributed by atoms with Crippen molar-refractivity contribution < 1.29 is 9.90 Å². The highest BCUT2D eigenvalue weighted by Gasteiger charge is 2.28. The lowest BCUT2D eigenvalue weighted by Gasteiger charge is -1.98. The van der Waals surface area contributed by atoms with E-state index in [0.29, 0.717) is 6.42 Å². The van der Waals surface area contributed by atoms with Crippen LogP contribution in [-0.2, 0) is 11.2 Å². The number of aromatic nitrogens is 1. The van der Waals surface area contributed by atoms with E-state index in [9.17, 15) is 4.79 Å². The Morgan fingerprint density at radius 2 is 2.40 bits per heavy atom. The third kappa shape index (κ3) is 1.33. The van der Waals surface area contributed by atoms with Crippen LogP contribution in [0.1, 0.15) is 5.56 Å². The van der Waals surface area contributed by atoms with Gasteiger partial charge in [0.15, 0.2) is 0 Å². The Labute approximate surface area is 90.5 Å². The van der Waals surface area contributed by atoms with Crippen LogP contribution in [0.25, 0.3) is 10.9 Å². The van der Waals surface area contributed by atoms with Crippen molar-refractivity contribution in [3.63, 3.8) is 0 Å². The number of hydrogen-bond acceptors (Lipinski definition) is 2. The molecule has 1 unspecified atom stereocenters. The second-order valence-electron chi connectivity index (χ2n) is 3.67. The van der Waals surface area contributed by atoms with Crippen molar-refractivity contribution in [1.82, 2.24) is 4.98 Å². The maximum atomic E-state index is 10.9. The van der Waals surface area contributed by atoms with E-state index >= 15 is 0 Å². The molecule has 1 aliphatic rings. The van der Waals surface area contributed by atoms with Gasteiger partial charge >= 0.3 is 5.97 Å². The minimum atomic E-state index is -0.722. The highest BCUT2D eigenvalue weighted by Crippen LogP contribution is 2.39. The predicted octanol–water partition coefficient (Wildman–Crippen LogP) is 2.27. The smallest absolute Gasteiger partial charge is 0.317 e. The molecule has 0 bridgehead atoms. The molecule has 0 aliphatic carbocycles. The third-order valence-electron chi connectivity index (χ3n) is 2.68. The molecule has 0 saturated heterocycles. The molecule has 1 atom stereocenters. The zero-order chi connectivity index (χ0) is 10.4. The fraction of sp³-hybridized carbons (Fsp3) is 0.182.